The summed E-state index contributed by atoms with van der Waals surface area (Å²) < 4.78 is 0. The molecule has 0 saturated heterocycles. The Morgan fingerprint density at radius 1 is 1.31 bits per heavy atom. The SMILES string of the molecule is CCC(C)CCN=C(C)C(C)(C)C. The van der Waals surface area contributed by atoms with Crippen molar-refractivity contribution in [3.05, 3.63) is 0 Å². The Morgan fingerprint density at radius 3 is 2.23 bits per heavy atom. The van der Waals surface area contributed by atoms with Crippen LogP contribution in [0.5, 0.6) is 0 Å². The first-order chi connectivity index (χ1) is 5.88. The highest BCUT2D eigenvalue weighted by molar-refractivity contribution is 5.86. The van der Waals surface area contributed by atoms with Gasteiger partial charge in [-0.25, -0.2) is 0 Å². The van der Waals surface area contributed by atoms with Gasteiger partial charge in [0.2, 0.25) is 0 Å². The van der Waals surface area contributed by atoms with Crippen LogP contribution in [0, 0.1) is 11.3 Å². The second-order valence-corrected chi connectivity index (χ2v) is 5.02. The molecule has 1 nitrogen and oxygen atoms in total. The molecule has 0 aromatic rings. The summed E-state index contributed by atoms with van der Waals surface area (Å²) in [5, 5.41) is 0. The summed E-state index contributed by atoms with van der Waals surface area (Å²) in [6.45, 7) is 14.3. The van der Waals surface area contributed by atoms with E-state index in [4.69, 9.17) is 0 Å². The summed E-state index contributed by atoms with van der Waals surface area (Å²) in [6, 6.07) is 0. The fourth-order valence-corrected chi connectivity index (χ4v) is 0.894. The minimum Gasteiger partial charge on any atom is -0.294 e. The van der Waals surface area contributed by atoms with E-state index in [0.717, 1.165) is 12.5 Å². The van der Waals surface area contributed by atoms with Crippen molar-refractivity contribution in [1.82, 2.24) is 0 Å². The van der Waals surface area contributed by atoms with Crippen molar-refractivity contribution in [3.8, 4) is 0 Å². The van der Waals surface area contributed by atoms with Crippen LogP contribution in [-0.2, 0) is 0 Å². The second kappa shape index (κ2) is 5.41. The lowest BCUT2D eigenvalue weighted by Crippen LogP contribution is -2.17. The average Bonchev–Trinajstić information content (AvgIpc) is 2.02. The van der Waals surface area contributed by atoms with Gasteiger partial charge in [-0.15, -0.1) is 0 Å². The highest BCUT2D eigenvalue weighted by atomic mass is 14.7. The minimum atomic E-state index is 0.245. The van der Waals surface area contributed by atoms with Crippen LogP contribution in [0.1, 0.15) is 54.4 Å². The molecule has 78 valence electrons. The Balaban J connectivity index is 3.85. The standard InChI is InChI=1S/C12H25N/c1-7-10(2)8-9-13-11(3)12(4,5)6/h10H,7-9H2,1-6H3. The molecule has 0 bridgehead atoms. The Kier molecular flexibility index (Phi) is 5.27. The molecule has 0 saturated carbocycles. The van der Waals surface area contributed by atoms with Crippen LogP contribution in [-0.4, -0.2) is 12.3 Å². The molecule has 0 N–H and O–H groups in total. The average molecular weight is 183 g/mol. The first kappa shape index (κ1) is 12.7. The molecule has 0 aliphatic carbocycles. The van der Waals surface area contributed by atoms with Crippen LogP contribution in [0.25, 0.3) is 0 Å². The van der Waals surface area contributed by atoms with Gasteiger partial charge in [-0.1, -0.05) is 41.0 Å². The van der Waals surface area contributed by atoms with Crippen molar-refractivity contribution in [2.24, 2.45) is 16.3 Å². The third-order valence-corrected chi connectivity index (χ3v) is 2.75. The van der Waals surface area contributed by atoms with Gasteiger partial charge in [0.05, 0.1) is 0 Å². The number of hydrogen-bond donors (Lipinski definition) is 0. The molecule has 0 amide bonds. The maximum atomic E-state index is 4.60. The van der Waals surface area contributed by atoms with Gasteiger partial charge in [-0.2, -0.15) is 0 Å². The molecular formula is C12H25N. The topological polar surface area (TPSA) is 12.4 Å². The monoisotopic (exact) mass is 183 g/mol. The number of rotatable bonds is 4. The van der Waals surface area contributed by atoms with Gasteiger partial charge in [0.25, 0.3) is 0 Å². The van der Waals surface area contributed by atoms with E-state index >= 15 is 0 Å². The third kappa shape index (κ3) is 5.84. The highest BCUT2D eigenvalue weighted by Crippen LogP contribution is 2.16. The normalized spacial score (nSPS) is 16.0. The molecule has 1 unspecified atom stereocenters. The van der Waals surface area contributed by atoms with Crippen molar-refractivity contribution in [1.29, 1.82) is 0 Å². The lowest BCUT2D eigenvalue weighted by Gasteiger charge is -2.18. The van der Waals surface area contributed by atoms with Crippen LogP contribution >= 0.6 is 0 Å². The van der Waals surface area contributed by atoms with Crippen molar-refractivity contribution in [2.45, 2.75) is 54.4 Å². The second-order valence-electron chi connectivity index (χ2n) is 5.02. The van der Waals surface area contributed by atoms with Crippen molar-refractivity contribution in [2.75, 3.05) is 6.54 Å². The molecule has 0 rings (SSSR count). The fraction of sp³-hybridized carbons (Fsp3) is 0.917. The van der Waals surface area contributed by atoms with E-state index in [1.54, 1.807) is 0 Å². The molecule has 0 fully saturated rings. The zero-order valence-electron chi connectivity index (χ0n) is 10.1. The molecule has 1 heteroatoms. The lowest BCUT2D eigenvalue weighted by molar-refractivity contribution is 0.519. The number of nitrogens with zero attached hydrogens (tertiary/aromatic N) is 1. The van der Waals surface area contributed by atoms with Gasteiger partial charge in [-0.3, -0.25) is 4.99 Å². The number of aliphatic imine (C=N–C) groups is 1. The molecule has 0 spiro atoms. The summed E-state index contributed by atoms with van der Waals surface area (Å²) in [5.74, 6) is 0.816. The van der Waals surface area contributed by atoms with Crippen molar-refractivity contribution in [3.63, 3.8) is 0 Å². The molecule has 0 aliphatic heterocycles. The van der Waals surface area contributed by atoms with Gasteiger partial charge in [0.1, 0.15) is 0 Å². The molecule has 0 heterocycles. The lowest BCUT2D eigenvalue weighted by atomic mass is 9.91. The van der Waals surface area contributed by atoms with Crippen LogP contribution < -0.4 is 0 Å². The maximum absolute atomic E-state index is 4.60. The summed E-state index contributed by atoms with van der Waals surface area (Å²) >= 11 is 0. The van der Waals surface area contributed by atoms with E-state index in [1.807, 2.05) is 0 Å². The highest BCUT2D eigenvalue weighted by Gasteiger charge is 2.13. The van der Waals surface area contributed by atoms with Gasteiger partial charge in [0.15, 0.2) is 0 Å². The van der Waals surface area contributed by atoms with E-state index in [9.17, 15) is 0 Å². The first-order valence-electron chi connectivity index (χ1n) is 5.39. The van der Waals surface area contributed by atoms with Crippen LogP contribution in [0.4, 0.5) is 0 Å². The van der Waals surface area contributed by atoms with E-state index in [1.165, 1.54) is 18.6 Å². The van der Waals surface area contributed by atoms with Crippen LogP contribution in [0.3, 0.4) is 0 Å². The molecule has 0 aromatic heterocycles. The zero-order chi connectivity index (χ0) is 10.5. The van der Waals surface area contributed by atoms with Crippen molar-refractivity contribution >= 4 is 5.71 Å². The van der Waals surface area contributed by atoms with Gasteiger partial charge in [-0.05, 0) is 24.7 Å². The van der Waals surface area contributed by atoms with Gasteiger partial charge < -0.3 is 0 Å². The van der Waals surface area contributed by atoms with Gasteiger partial charge in [0, 0.05) is 12.3 Å². The Morgan fingerprint density at radius 2 is 1.85 bits per heavy atom. The van der Waals surface area contributed by atoms with E-state index in [0.29, 0.717) is 0 Å². The predicted octanol–water partition coefficient (Wildman–Crippen LogP) is 3.93. The van der Waals surface area contributed by atoms with Gasteiger partial charge >= 0.3 is 0 Å². The molecular weight excluding hydrogens is 158 g/mol. The first-order valence-corrected chi connectivity index (χ1v) is 5.39. The van der Waals surface area contributed by atoms with Crippen molar-refractivity contribution < 1.29 is 0 Å². The molecule has 0 radical (unpaired) electrons. The molecule has 0 aromatic carbocycles. The Labute approximate surface area is 83.6 Å². The summed E-state index contributed by atoms with van der Waals surface area (Å²) in [7, 11) is 0. The largest absolute Gasteiger partial charge is 0.294 e. The van der Waals surface area contributed by atoms with Crippen LogP contribution in [0.2, 0.25) is 0 Å². The van der Waals surface area contributed by atoms with E-state index < -0.39 is 0 Å². The summed E-state index contributed by atoms with van der Waals surface area (Å²) in [4.78, 5) is 4.60. The van der Waals surface area contributed by atoms with E-state index in [2.05, 4.69) is 46.5 Å². The molecule has 0 aliphatic rings. The van der Waals surface area contributed by atoms with E-state index in [-0.39, 0.29) is 5.41 Å². The van der Waals surface area contributed by atoms with Crippen LogP contribution in [0.15, 0.2) is 4.99 Å². The quantitative estimate of drug-likeness (QED) is 0.586. The Hall–Kier alpha value is -0.330. The fourth-order valence-electron chi connectivity index (χ4n) is 0.894. The molecule has 13 heavy (non-hydrogen) atoms. The smallest absolute Gasteiger partial charge is 0.0391 e. The summed E-state index contributed by atoms with van der Waals surface area (Å²) in [5.41, 5.74) is 1.52. The summed E-state index contributed by atoms with van der Waals surface area (Å²) in [6.07, 6.45) is 2.49. The Bertz CT molecular complexity index is 162. The molecule has 1 atom stereocenters. The predicted molar refractivity (Wildman–Crippen MR) is 61.5 cm³/mol. The number of hydrogen-bond acceptors (Lipinski definition) is 1. The third-order valence-electron chi connectivity index (χ3n) is 2.75. The zero-order valence-corrected chi connectivity index (χ0v) is 10.1. The maximum Gasteiger partial charge on any atom is 0.0391 e. The minimum absolute atomic E-state index is 0.245.